The number of alkyl halides is 1. The Labute approximate surface area is 118 Å². The molecule has 0 aliphatic heterocycles. The van der Waals surface area contributed by atoms with Gasteiger partial charge in [0.25, 0.3) is 0 Å². The maximum absolute atomic E-state index is 13.9. The molecule has 0 N–H and O–H groups in total. The van der Waals surface area contributed by atoms with E-state index in [-0.39, 0.29) is 17.1 Å². The number of hydrogen-bond donors (Lipinski definition) is 0. The zero-order valence-electron chi connectivity index (χ0n) is 10.3. The fourth-order valence-corrected chi connectivity index (χ4v) is 2.60. The summed E-state index contributed by atoms with van der Waals surface area (Å²) in [6.07, 6.45) is 0.256. The number of aryl methyl sites for hydroxylation is 1. The summed E-state index contributed by atoms with van der Waals surface area (Å²) in [6.45, 7) is 1.68. The molecule has 0 radical (unpaired) electrons. The van der Waals surface area contributed by atoms with Crippen molar-refractivity contribution in [1.82, 2.24) is 0 Å². The first-order valence-corrected chi connectivity index (χ1v) is 6.73. The lowest BCUT2D eigenvalue weighted by Gasteiger charge is -2.13. The Bertz CT molecular complexity index is 596. The second kappa shape index (κ2) is 5.78. The van der Waals surface area contributed by atoms with Crippen molar-refractivity contribution in [2.24, 2.45) is 0 Å². The quantitative estimate of drug-likeness (QED) is 0.688. The van der Waals surface area contributed by atoms with Gasteiger partial charge in [0, 0.05) is 16.5 Å². The maximum atomic E-state index is 13.9. The van der Waals surface area contributed by atoms with Gasteiger partial charge in [-0.3, -0.25) is 0 Å². The molecule has 1 atom stereocenters. The second-order valence-corrected chi connectivity index (χ2v) is 5.49. The lowest BCUT2D eigenvalue weighted by molar-refractivity contribution is 0.567. The van der Waals surface area contributed by atoms with Crippen LogP contribution in [-0.4, -0.2) is 0 Å². The summed E-state index contributed by atoms with van der Waals surface area (Å²) >= 11 is 3.36. The molecule has 0 bridgehead atoms. The Morgan fingerprint density at radius 2 is 1.84 bits per heavy atom. The van der Waals surface area contributed by atoms with Gasteiger partial charge in [0.15, 0.2) is 0 Å². The van der Waals surface area contributed by atoms with E-state index in [1.165, 1.54) is 12.1 Å². The summed E-state index contributed by atoms with van der Waals surface area (Å²) in [5, 5.41) is 0. The van der Waals surface area contributed by atoms with Gasteiger partial charge in [-0.1, -0.05) is 40.2 Å². The van der Waals surface area contributed by atoms with E-state index in [1.807, 2.05) is 0 Å². The van der Waals surface area contributed by atoms with Gasteiger partial charge in [-0.2, -0.15) is 0 Å². The van der Waals surface area contributed by atoms with E-state index in [0.717, 1.165) is 6.07 Å². The van der Waals surface area contributed by atoms with Crippen molar-refractivity contribution in [3.05, 3.63) is 70.5 Å². The summed E-state index contributed by atoms with van der Waals surface area (Å²) in [7, 11) is 0. The van der Waals surface area contributed by atoms with Crippen molar-refractivity contribution in [2.75, 3.05) is 0 Å². The molecule has 2 rings (SSSR count). The van der Waals surface area contributed by atoms with Gasteiger partial charge in [0.2, 0.25) is 0 Å². The molecule has 4 heteroatoms. The third-order valence-electron chi connectivity index (χ3n) is 2.97. The molecule has 0 heterocycles. The molecular formula is C15H12BrF3. The minimum atomic E-state index is -0.617. The number of hydrogen-bond acceptors (Lipinski definition) is 0. The van der Waals surface area contributed by atoms with Crippen LogP contribution in [0.5, 0.6) is 0 Å². The summed E-state index contributed by atoms with van der Waals surface area (Å²) in [6, 6.07) is 8.50. The fraction of sp³-hybridized carbons (Fsp3) is 0.200. The zero-order valence-corrected chi connectivity index (χ0v) is 11.8. The molecule has 2 aromatic rings. The van der Waals surface area contributed by atoms with E-state index in [1.54, 1.807) is 25.1 Å². The summed E-state index contributed by atoms with van der Waals surface area (Å²) in [5.74, 6) is -1.53. The first-order valence-electron chi connectivity index (χ1n) is 5.82. The van der Waals surface area contributed by atoms with Crippen LogP contribution >= 0.6 is 15.9 Å². The van der Waals surface area contributed by atoms with E-state index in [9.17, 15) is 13.2 Å². The standard InChI is InChI=1S/C15H12BrF3/c1-9-3-2-4-12(15(9)19)13(16)7-10-5-6-11(17)8-14(10)18/h2-6,8,13H,7H2,1H3. The summed E-state index contributed by atoms with van der Waals surface area (Å²) in [5.41, 5.74) is 1.37. The molecule has 100 valence electrons. The molecule has 0 aliphatic rings. The predicted octanol–water partition coefficient (Wildman–Crippen LogP) is 5.09. The van der Waals surface area contributed by atoms with Crippen LogP contribution < -0.4 is 0 Å². The van der Waals surface area contributed by atoms with Crippen molar-refractivity contribution < 1.29 is 13.2 Å². The number of rotatable bonds is 3. The van der Waals surface area contributed by atoms with E-state index in [0.29, 0.717) is 16.7 Å². The molecule has 0 spiro atoms. The Hall–Kier alpha value is -1.29. The van der Waals surface area contributed by atoms with Gasteiger partial charge in [0.1, 0.15) is 17.5 Å². The van der Waals surface area contributed by atoms with Gasteiger partial charge in [0.05, 0.1) is 0 Å². The smallest absolute Gasteiger partial charge is 0.130 e. The van der Waals surface area contributed by atoms with Gasteiger partial charge >= 0.3 is 0 Å². The molecule has 0 saturated heterocycles. The SMILES string of the molecule is Cc1cccc(C(Br)Cc2ccc(F)cc2F)c1F. The van der Waals surface area contributed by atoms with Gasteiger partial charge in [-0.25, -0.2) is 13.2 Å². The van der Waals surface area contributed by atoms with Crippen molar-refractivity contribution in [3.8, 4) is 0 Å². The Kier molecular flexibility index (Phi) is 4.30. The van der Waals surface area contributed by atoms with E-state index >= 15 is 0 Å². The topological polar surface area (TPSA) is 0 Å². The Morgan fingerprint density at radius 1 is 1.11 bits per heavy atom. The molecule has 0 aliphatic carbocycles. The Balaban J connectivity index is 2.25. The minimum absolute atomic E-state index is 0.256. The van der Waals surface area contributed by atoms with Crippen LogP contribution in [0.15, 0.2) is 36.4 Å². The zero-order chi connectivity index (χ0) is 14.0. The highest BCUT2D eigenvalue weighted by molar-refractivity contribution is 9.09. The van der Waals surface area contributed by atoms with E-state index in [2.05, 4.69) is 15.9 Å². The van der Waals surface area contributed by atoms with Crippen LogP contribution in [-0.2, 0) is 6.42 Å². The monoisotopic (exact) mass is 328 g/mol. The highest BCUT2D eigenvalue weighted by Gasteiger charge is 2.16. The second-order valence-electron chi connectivity index (χ2n) is 4.39. The molecule has 0 amide bonds. The summed E-state index contributed by atoms with van der Waals surface area (Å²) < 4.78 is 40.3. The largest absolute Gasteiger partial charge is 0.207 e. The molecular weight excluding hydrogens is 317 g/mol. The predicted molar refractivity (Wildman–Crippen MR) is 72.9 cm³/mol. The van der Waals surface area contributed by atoms with Crippen molar-refractivity contribution in [2.45, 2.75) is 18.2 Å². The highest BCUT2D eigenvalue weighted by atomic mass is 79.9. The first-order chi connectivity index (χ1) is 8.99. The van der Waals surface area contributed by atoms with Crippen molar-refractivity contribution in [1.29, 1.82) is 0 Å². The third-order valence-corrected chi connectivity index (χ3v) is 3.79. The maximum Gasteiger partial charge on any atom is 0.130 e. The average molecular weight is 329 g/mol. The van der Waals surface area contributed by atoms with Crippen LogP contribution in [0.4, 0.5) is 13.2 Å². The highest BCUT2D eigenvalue weighted by Crippen LogP contribution is 2.31. The van der Waals surface area contributed by atoms with Crippen molar-refractivity contribution in [3.63, 3.8) is 0 Å². The van der Waals surface area contributed by atoms with Crippen LogP contribution in [0.1, 0.15) is 21.5 Å². The Morgan fingerprint density at radius 3 is 2.53 bits per heavy atom. The lowest BCUT2D eigenvalue weighted by Crippen LogP contribution is -2.02. The minimum Gasteiger partial charge on any atom is -0.207 e. The number of benzene rings is 2. The fourth-order valence-electron chi connectivity index (χ4n) is 1.90. The van der Waals surface area contributed by atoms with Gasteiger partial charge < -0.3 is 0 Å². The van der Waals surface area contributed by atoms with Crippen LogP contribution in [0.3, 0.4) is 0 Å². The summed E-state index contributed by atoms with van der Waals surface area (Å²) in [4.78, 5) is -0.354. The molecule has 0 fully saturated rings. The molecule has 0 saturated carbocycles. The van der Waals surface area contributed by atoms with Crippen LogP contribution in [0, 0.1) is 24.4 Å². The number of halogens is 4. The average Bonchev–Trinajstić information content (AvgIpc) is 2.36. The van der Waals surface area contributed by atoms with Crippen LogP contribution in [0.2, 0.25) is 0 Å². The molecule has 1 unspecified atom stereocenters. The molecule has 2 aromatic carbocycles. The normalized spacial score (nSPS) is 12.5. The van der Waals surface area contributed by atoms with Gasteiger partial charge in [-0.05, 0) is 30.5 Å². The lowest BCUT2D eigenvalue weighted by atomic mass is 10.0. The van der Waals surface area contributed by atoms with Crippen LogP contribution in [0.25, 0.3) is 0 Å². The van der Waals surface area contributed by atoms with Crippen molar-refractivity contribution >= 4 is 15.9 Å². The molecule has 0 nitrogen and oxygen atoms in total. The van der Waals surface area contributed by atoms with Gasteiger partial charge in [-0.15, -0.1) is 0 Å². The van der Waals surface area contributed by atoms with E-state index in [4.69, 9.17) is 0 Å². The molecule has 19 heavy (non-hydrogen) atoms. The van der Waals surface area contributed by atoms with E-state index < -0.39 is 11.6 Å². The first kappa shape index (κ1) is 14.1. The third kappa shape index (κ3) is 3.18. The molecule has 0 aromatic heterocycles.